The van der Waals surface area contributed by atoms with E-state index in [0.29, 0.717) is 30.5 Å². The van der Waals surface area contributed by atoms with Crippen molar-refractivity contribution >= 4 is 23.1 Å². The van der Waals surface area contributed by atoms with E-state index in [1.165, 1.54) is 30.3 Å². The molecule has 0 aliphatic heterocycles. The molecule has 1 aliphatic rings. The monoisotopic (exact) mass is 327 g/mol. The lowest BCUT2D eigenvalue weighted by atomic mass is 9.93. The van der Waals surface area contributed by atoms with Crippen molar-refractivity contribution in [2.45, 2.75) is 19.3 Å². The number of carbonyl (C=O) groups excluding carboxylic acids is 2. The molecule has 122 valence electrons. The second-order valence-corrected chi connectivity index (χ2v) is 5.44. The van der Waals surface area contributed by atoms with Crippen LogP contribution in [0.1, 0.15) is 39.3 Å². The SMILES string of the molecule is O=C1CCCc2[nH]c(=O)c(C(=O)Nc3cccc([N+](=O)[O-])c3)cc21. The summed E-state index contributed by atoms with van der Waals surface area (Å²) in [5.41, 5.74) is 0.120. The number of non-ortho nitro benzene ring substituents is 1. The summed E-state index contributed by atoms with van der Waals surface area (Å²) in [6.45, 7) is 0. The van der Waals surface area contributed by atoms with Gasteiger partial charge in [-0.15, -0.1) is 0 Å². The summed E-state index contributed by atoms with van der Waals surface area (Å²) in [7, 11) is 0. The lowest BCUT2D eigenvalue weighted by molar-refractivity contribution is -0.384. The van der Waals surface area contributed by atoms with Crippen LogP contribution in [0.15, 0.2) is 35.1 Å². The van der Waals surface area contributed by atoms with E-state index >= 15 is 0 Å². The van der Waals surface area contributed by atoms with Crippen molar-refractivity contribution in [2.24, 2.45) is 0 Å². The molecule has 3 rings (SSSR count). The minimum absolute atomic E-state index is 0.114. The van der Waals surface area contributed by atoms with E-state index in [2.05, 4.69) is 10.3 Å². The van der Waals surface area contributed by atoms with Crippen LogP contribution >= 0.6 is 0 Å². The Morgan fingerprint density at radius 3 is 2.75 bits per heavy atom. The summed E-state index contributed by atoms with van der Waals surface area (Å²) in [6.07, 6.45) is 1.63. The number of hydrogen-bond donors (Lipinski definition) is 2. The fourth-order valence-corrected chi connectivity index (χ4v) is 2.64. The van der Waals surface area contributed by atoms with Gasteiger partial charge in [-0.2, -0.15) is 0 Å². The summed E-state index contributed by atoms with van der Waals surface area (Å²) in [6, 6.07) is 6.68. The first-order chi connectivity index (χ1) is 11.5. The molecular weight excluding hydrogens is 314 g/mol. The number of nitrogens with one attached hydrogen (secondary N) is 2. The van der Waals surface area contributed by atoms with Crippen LogP contribution in [0.4, 0.5) is 11.4 Å². The third kappa shape index (κ3) is 2.94. The minimum Gasteiger partial charge on any atom is -0.325 e. The molecule has 1 heterocycles. The number of aryl methyl sites for hydroxylation is 1. The molecule has 24 heavy (non-hydrogen) atoms. The molecule has 1 amide bonds. The number of nitro groups is 1. The van der Waals surface area contributed by atoms with Crippen molar-refractivity contribution in [1.82, 2.24) is 4.98 Å². The van der Waals surface area contributed by atoms with Crippen LogP contribution in [0.3, 0.4) is 0 Å². The third-order valence-electron chi connectivity index (χ3n) is 3.81. The molecule has 1 aliphatic carbocycles. The third-order valence-corrected chi connectivity index (χ3v) is 3.81. The first-order valence-electron chi connectivity index (χ1n) is 7.31. The number of benzene rings is 1. The Labute approximate surface area is 135 Å². The lowest BCUT2D eigenvalue weighted by Gasteiger charge is -2.15. The van der Waals surface area contributed by atoms with Crippen LogP contribution in [-0.4, -0.2) is 21.6 Å². The number of rotatable bonds is 3. The highest BCUT2D eigenvalue weighted by atomic mass is 16.6. The molecule has 0 spiro atoms. The molecule has 0 fully saturated rings. The largest absolute Gasteiger partial charge is 0.325 e. The number of fused-ring (bicyclic) bond motifs is 1. The maximum Gasteiger partial charge on any atom is 0.271 e. The van der Waals surface area contributed by atoms with Gasteiger partial charge in [-0.3, -0.25) is 24.5 Å². The first-order valence-corrected chi connectivity index (χ1v) is 7.31. The van der Waals surface area contributed by atoms with E-state index in [1.54, 1.807) is 0 Å². The Bertz CT molecular complexity index is 916. The Kier molecular flexibility index (Phi) is 3.95. The highest BCUT2D eigenvalue weighted by molar-refractivity contribution is 6.06. The molecule has 0 saturated carbocycles. The van der Waals surface area contributed by atoms with E-state index in [4.69, 9.17) is 0 Å². The predicted molar refractivity (Wildman–Crippen MR) is 85.4 cm³/mol. The number of hydrogen-bond acceptors (Lipinski definition) is 5. The average Bonchev–Trinajstić information content (AvgIpc) is 2.54. The Hall–Kier alpha value is -3.29. The number of Topliss-reactive ketones (excluding diaryl/α,β-unsaturated/α-hetero) is 1. The molecule has 1 aromatic heterocycles. The van der Waals surface area contributed by atoms with E-state index < -0.39 is 16.4 Å². The number of nitrogens with zero attached hydrogens (tertiary/aromatic N) is 1. The van der Waals surface area contributed by atoms with Crippen LogP contribution in [0.25, 0.3) is 0 Å². The van der Waals surface area contributed by atoms with Gasteiger partial charge in [0.1, 0.15) is 5.56 Å². The van der Waals surface area contributed by atoms with Gasteiger partial charge in [-0.1, -0.05) is 6.07 Å². The van der Waals surface area contributed by atoms with Gasteiger partial charge in [0.05, 0.1) is 4.92 Å². The van der Waals surface area contributed by atoms with Gasteiger partial charge >= 0.3 is 0 Å². The summed E-state index contributed by atoms with van der Waals surface area (Å²) in [5.74, 6) is -0.838. The zero-order valence-corrected chi connectivity index (χ0v) is 12.5. The predicted octanol–water partition coefficient (Wildman–Crippen LogP) is 2.05. The van der Waals surface area contributed by atoms with Crippen molar-refractivity contribution in [3.63, 3.8) is 0 Å². The van der Waals surface area contributed by atoms with Crippen molar-refractivity contribution in [2.75, 3.05) is 5.32 Å². The standard InChI is InChI=1S/C16H13N3O5/c20-14-6-2-5-13-11(14)8-12(16(22)18-13)15(21)17-9-3-1-4-10(7-9)19(23)24/h1,3-4,7-8H,2,5-6H2,(H,17,21)(H,18,22). The quantitative estimate of drug-likeness (QED) is 0.660. The maximum absolute atomic E-state index is 12.3. The molecule has 8 nitrogen and oxygen atoms in total. The van der Waals surface area contributed by atoms with E-state index in [-0.39, 0.29) is 22.7 Å². The van der Waals surface area contributed by atoms with Crippen molar-refractivity contribution in [1.29, 1.82) is 0 Å². The highest BCUT2D eigenvalue weighted by Crippen LogP contribution is 2.20. The van der Waals surface area contributed by atoms with Gasteiger partial charge in [0.2, 0.25) is 0 Å². The summed E-state index contributed by atoms with van der Waals surface area (Å²) in [4.78, 5) is 49.0. The molecular formula is C16H13N3O5. The second kappa shape index (κ2) is 6.07. The lowest BCUT2D eigenvalue weighted by Crippen LogP contribution is -2.27. The van der Waals surface area contributed by atoms with E-state index in [9.17, 15) is 24.5 Å². The number of nitro benzene ring substituents is 1. The average molecular weight is 327 g/mol. The van der Waals surface area contributed by atoms with Gasteiger partial charge in [-0.05, 0) is 25.0 Å². The van der Waals surface area contributed by atoms with E-state index in [0.717, 1.165) is 0 Å². The molecule has 0 bridgehead atoms. The summed E-state index contributed by atoms with van der Waals surface area (Å²) < 4.78 is 0. The zero-order chi connectivity index (χ0) is 17.3. The highest BCUT2D eigenvalue weighted by Gasteiger charge is 2.22. The zero-order valence-electron chi connectivity index (χ0n) is 12.5. The van der Waals surface area contributed by atoms with Gasteiger partial charge in [0, 0.05) is 35.5 Å². The van der Waals surface area contributed by atoms with E-state index in [1.807, 2.05) is 0 Å². The number of ketones is 1. The maximum atomic E-state index is 12.3. The first kappa shape index (κ1) is 15.6. The molecule has 0 unspecified atom stereocenters. The summed E-state index contributed by atoms with van der Waals surface area (Å²) in [5, 5.41) is 13.2. The molecule has 2 aromatic rings. The molecule has 2 N–H and O–H groups in total. The number of H-pyrrole nitrogens is 1. The topological polar surface area (TPSA) is 122 Å². The van der Waals surface area contributed by atoms with Gasteiger partial charge in [0.25, 0.3) is 17.2 Å². The molecule has 1 aromatic carbocycles. The number of carbonyl (C=O) groups is 2. The molecule has 0 saturated heterocycles. The molecule has 0 atom stereocenters. The number of pyridine rings is 1. The second-order valence-electron chi connectivity index (χ2n) is 5.44. The number of aromatic nitrogens is 1. The molecule has 8 heteroatoms. The van der Waals surface area contributed by atoms with Gasteiger partial charge in [0.15, 0.2) is 5.78 Å². The molecule has 0 radical (unpaired) electrons. The fourth-order valence-electron chi connectivity index (χ4n) is 2.64. The number of aromatic amines is 1. The minimum atomic E-state index is -0.724. The van der Waals surface area contributed by atoms with Crippen LogP contribution in [-0.2, 0) is 6.42 Å². The normalized spacial score (nSPS) is 13.2. The Morgan fingerprint density at radius 1 is 1.21 bits per heavy atom. The number of anilines is 1. The van der Waals surface area contributed by atoms with Crippen LogP contribution < -0.4 is 10.9 Å². The van der Waals surface area contributed by atoms with Crippen molar-refractivity contribution < 1.29 is 14.5 Å². The van der Waals surface area contributed by atoms with Crippen LogP contribution in [0.5, 0.6) is 0 Å². The smallest absolute Gasteiger partial charge is 0.271 e. The summed E-state index contributed by atoms with van der Waals surface area (Å²) >= 11 is 0. The van der Waals surface area contributed by atoms with Gasteiger partial charge < -0.3 is 10.3 Å². The fraction of sp³-hybridized carbons (Fsp3) is 0.188. The van der Waals surface area contributed by atoms with Crippen molar-refractivity contribution in [3.05, 3.63) is 67.6 Å². The van der Waals surface area contributed by atoms with Crippen LogP contribution in [0, 0.1) is 10.1 Å². The Morgan fingerprint density at radius 2 is 2.00 bits per heavy atom. The van der Waals surface area contributed by atoms with Gasteiger partial charge in [-0.25, -0.2) is 0 Å². The van der Waals surface area contributed by atoms with Crippen LogP contribution in [0.2, 0.25) is 0 Å². The Balaban J connectivity index is 1.92. The van der Waals surface area contributed by atoms with Crippen molar-refractivity contribution in [3.8, 4) is 0 Å². The number of amides is 1.